The summed E-state index contributed by atoms with van der Waals surface area (Å²) in [6.45, 7) is 2.77. The zero-order chi connectivity index (χ0) is 26.2. The van der Waals surface area contributed by atoms with Crippen LogP contribution < -0.4 is 5.43 Å². The second-order valence-corrected chi connectivity index (χ2v) is 9.92. The molecule has 0 saturated heterocycles. The molecule has 8 heteroatoms. The van der Waals surface area contributed by atoms with Crippen molar-refractivity contribution in [3.8, 4) is 0 Å². The van der Waals surface area contributed by atoms with Gasteiger partial charge >= 0.3 is 0 Å². The molecule has 192 valence electrons. The Labute approximate surface area is 219 Å². The topological polar surface area (TPSA) is 80.1 Å². The lowest BCUT2D eigenvalue weighted by molar-refractivity contribution is -0.141. The highest BCUT2D eigenvalue weighted by Gasteiger charge is 2.23. The van der Waals surface area contributed by atoms with E-state index in [4.69, 9.17) is 9.15 Å². The van der Waals surface area contributed by atoms with Gasteiger partial charge < -0.3 is 19.0 Å². The number of amides is 2. The van der Waals surface area contributed by atoms with Crippen LogP contribution in [-0.2, 0) is 33.8 Å². The Hall–Kier alpha value is -3.75. The zero-order valence-corrected chi connectivity index (χ0v) is 21.8. The number of ether oxygens (including phenoxy) is 1. The number of benzene rings is 2. The number of carbonyl (C=O) groups excluding carboxylic acids is 2. The Balaban J connectivity index is 1.59. The van der Waals surface area contributed by atoms with Gasteiger partial charge in [0.1, 0.15) is 5.58 Å². The third-order valence-electron chi connectivity index (χ3n) is 6.08. The average Bonchev–Trinajstić information content (AvgIpc) is 3.41. The summed E-state index contributed by atoms with van der Waals surface area (Å²) in [4.78, 5) is 44.0. The van der Waals surface area contributed by atoms with E-state index in [2.05, 4.69) is 0 Å². The normalized spacial score (nSPS) is 11.0. The fourth-order valence-corrected chi connectivity index (χ4v) is 4.76. The number of hydrogen-bond donors (Lipinski definition) is 0. The first-order valence-electron chi connectivity index (χ1n) is 12.1. The highest BCUT2D eigenvalue weighted by Crippen LogP contribution is 2.16. The monoisotopic (exact) mass is 518 g/mol. The predicted octanol–water partition coefficient (Wildman–Crippen LogP) is 4.41. The van der Waals surface area contributed by atoms with Crippen molar-refractivity contribution < 1.29 is 18.7 Å². The van der Waals surface area contributed by atoms with Gasteiger partial charge in [-0.25, -0.2) is 0 Å². The van der Waals surface area contributed by atoms with Crippen LogP contribution in [0.15, 0.2) is 81.5 Å². The summed E-state index contributed by atoms with van der Waals surface area (Å²) < 4.78 is 10.9. The Morgan fingerprint density at radius 1 is 0.973 bits per heavy atom. The van der Waals surface area contributed by atoms with Crippen molar-refractivity contribution in [1.82, 2.24) is 9.80 Å². The quantitative estimate of drug-likeness (QED) is 0.294. The number of carbonyl (C=O) groups is 2. The highest BCUT2D eigenvalue weighted by molar-refractivity contribution is 7.10. The molecule has 37 heavy (non-hydrogen) atoms. The number of methoxy groups -OCH3 is 1. The highest BCUT2D eigenvalue weighted by atomic mass is 32.1. The largest absolute Gasteiger partial charge is 0.464 e. The van der Waals surface area contributed by atoms with Crippen molar-refractivity contribution in [1.29, 1.82) is 0 Å². The molecule has 0 aliphatic heterocycles. The molecule has 0 N–H and O–H groups in total. The van der Waals surface area contributed by atoms with E-state index < -0.39 is 0 Å². The molecule has 7 nitrogen and oxygen atoms in total. The summed E-state index contributed by atoms with van der Waals surface area (Å²) in [6.07, 6.45) is 1.65. The van der Waals surface area contributed by atoms with Crippen molar-refractivity contribution in [2.24, 2.45) is 0 Å². The van der Waals surface area contributed by atoms with Gasteiger partial charge in [0.25, 0.3) is 0 Å². The second kappa shape index (κ2) is 12.5. The minimum Gasteiger partial charge on any atom is -0.464 e. The van der Waals surface area contributed by atoms with Crippen LogP contribution in [0.3, 0.4) is 0 Å². The van der Waals surface area contributed by atoms with Crippen LogP contribution >= 0.6 is 11.3 Å². The molecule has 0 aliphatic carbocycles. The van der Waals surface area contributed by atoms with Crippen LogP contribution in [0.25, 0.3) is 11.0 Å². The van der Waals surface area contributed by atoms with Crippen LogP contribution in [0.4, 0.5) is 0 Å². The Kier molecular flexibility index (Phi) is 8.87. The molecule has 0 radical (unpaired) electrons. The molecule has 0 atom stereocenters. The molecule has 0 fully saturated rings. The summed E-state index contributed by atoms with van der Waals surface area (Å²) in [7, 11) is 1.56. The van der Waals surface area contributed by atoms with Gasteiger partial charge in [0.2, 0.25) is 11.8 Å². The van der Waals surface area contributed by atoms with Gasteiger partial charge in [-0.1, -0.05) is 48.0 Å². The van der Waals surface area contributed by atoms with Crippen LogP contribution in [0, 0.1) is 6.92 Å². The van der Waals surface area contributed by atoms with E-state index in [9.17, 15) is 14.4 Å². The van der Waals surface area contributed by atoms with Gasteiger partial charge in [-0.05, 0) is 36.1 Å². The molecule has 2 aromatic carbocycles. The average molecular weight is 519 g/mol. The minimum atomic E-state index is -0.261. The number of hydrogen-bond acceptors (Lipinski definition) is 6. The summed E-state index contributed by atoms with van der Waals surface area (Å²) >= 11 is 1.51. The molecular formula is C29H30N2O5S. The Bertz CT molecular complexity index is 1400. The van der Waals surface area contributed by atoms with Crippen LogP contribution in [-0.4, -0.2) is 48.4 Å². The van der Waals surface area contributed by atoms with E-state index in [1.807, 2.05) is 60.8 Å². The lowest BCUT2D eigenvalue weighted by Crippen LogP contribution is -2.44. The van der Waals surface area contributed by atoms with Gasteiger partial charge in [0.05, 0.1) is 43.3 Å². The smallest absolute Gasteiger partial charge is 0.242 e. The zero-order valence-electron chi connectivity index (χ0n) is 21.0. The molecule has 2 heterocycles. The summed E-state index contributed by atoms with van der Waals surface area (Å²) in [5.41, 5.74) is 2.60. The number of thiophene rings is 1. The van der Waals surface area contributed by atoms with Crippen molar-refractivity contribution in [3.63, 3.8) is 0 Å². The van der Waals surface area contributed by atoms with Crippen molar-refractivity contribution in [2.75, 3.05) is 26.8 Å². The summed E-state index contributed by atoms with van der Waals surface area (Å²) in [6, 6.07) is 18.8. The van der Waals surface area contributed by atoms with E-state index in [0.29, 0.717) is 36.2 Å². The molecule has 0 aliphatic rings. The lowest BCUT2D eigenvalue weighted by atomic mass is 10.1. The molecule has 2 aromatic heterocycles. The fraction of sp³-hybridized carbons (Fsp3) is 0.276. The van der Waals surface area contributed by atoms with Gasteiger partial charge in [-0.2, -0.15) is 0 Å². The van der Waals surface area contributed by atoms with Gasteiger partial charge in [-0.15, -0.1) is 11.3 Å². The minimum absolute atomic E-state index is 0.0666. The van der Waals surface area contributed by atoms with Crippen LogP contribution in [0.2, 0.25) is 0 Å². The first-order valence-corrected chi connectivity index (χ1v) is 12.9. The van der Waals surface area contributed by atoms with Gasteiger partial charge in [0.15, 0.2) is 5.43 Å². The van der Waals surface area contributed by atoms with Crippen molar-refractivity contribution >= 4 is 34.1 Å². The van der Waals surface area contributed by atoms with E-state index in [-0.39, 0.29) is 36.8 Å². The van der Waals surface area contributed by atoms with Gasteiger partial charge in [-0.3, -0.25) is 14.4 Å². The maximum atomic E-state index is 13.6. The third kappa shape index (κ3) is 6.93. The summed E-state index contributed by atoms with van der Waals surface area (Å²) in [5.74, 6) is -0.406. The second-order valence-electron chi connectivity index (χ2n) is 8.89. The molecule has 0 bridgehead atoms. The lowest BCUT2D eigenvalue weighted by Gasteiger charge is -2.27. The fourth-order valence-electron chi connectivity index (χ4n) is 4.07. The van der Waals surface area contributed by atoms with E-state index in [1.165, 1.54) is 22.5 Å². The Morgan fingerprint density at radius 2 is 1.78 bits per heavy atom. The first-order chi connectivity index (χ1) is 17.9. The van der Waals surface area contributed by atoms with Crippen LogP contribution in [0.1, 0.15) is 21.6 Å². The molecule has 4 aromatic rings. The number of rotatable bonds is 11. The predicted molar refractivity (Wildman–Crippen MR) is 144 cm³/mol. The molecular weight excluding hydrogens is 488 g/mol. The van der Waals surface area contributed by atoms with E-state index >= 15 is 0 Å². The molecule has 4 rings (SSSR count). The number of aryl methyl sites for hydroxylation is 1. The molecule has 0 unspecified atom stereocenters. The first kappa shape index (κ1) is 26.3. The third-order valence-corrected chi connectivity index (χ3v) is 6.96. The maximum Gasteiger partial charge on any atom is 0.242 e. The van der Waals surface area contributed by atoms with Gasteiger partial charge in [0, 0.05) is 25.1 Å². The maximum absolute atomic E-state index is 13.6. The molecule has 0 spiro atoms. The van der Waals surface area contributed by atoms with Crippen molar-refractivity contribution in [3.05, 3.63) is 104 Å². The van der Waals surface area contributed by atoms with E-state index in [1.54, 1.807) is 24.1 Å². The van der Waals surface area contributed by atoms with Crippen LogP contribution in [0.5, 0.6) is 0 Å². The Morgan fingerprint density at radius 3 is 2.51 bits per heavy atom. The molecule has 0 saturated carbocycles. The summed E-state index contributed by atoms with van der Waals surface area (Å²) in [5, 5.41) is 2.41. The number of nitrogens with zero attached hydrogens (tertiary/aromatic N) is 2. The standard InChI is InChI=1S/C29H30N2O5S/c1-21-10-11-26-25(15-21)29(34)23(20-36-26)18-31(17-22-7-4-3-5-8-22)28(33)19-30(12-13-35-2)27(32)16-24-9-6-14-37-24/h3-11,14-15,20H,12-13,16-19H2,1-2H3. The van der Waals surface area contributed by atoms with Crippen molar-refractivity contribution in [2.45, 2.75) is 26.4 Å². The number of fused-ring (bicyclic) bond motifs is 1. The SMILES string of the molecule is COCCN(CC(=O)N(Cc1ccccc1)Cc1coc2ccc(C)cc2c1=O)C(=O)Cc1cccs1. The van der Waals surface area contributed by atoms with E-state index in [0.717, 1.165) is 16.0 Å². The molecule has 2 amide bonds.